The summed E-state index contributed by atoms with van der Waals surface area (Å²) >= 11 is 0. The lowest BCUT2D eigenvalue weighted by molar-refractivity contribution is -0.117. The number of benzene rings is 1. The number of esters is 1. The molecule has 1 amide bonds. The van der Waals surface area contributed by atoms with Crippen LogP contribution in [0.4, 0.5) is 11.4 Å². The van der Waals surface area contributed by atoms with E-state index in [1.807, 2.05) is 65.8 Å². The van der Waals surface area contributed by atoms with Crippen molar-refractivity contribution in [3.63, 3.8) is 0 Å². The van der Waals surface area contributed by atoms with Crippen molar-refractivity contribution in [3.05, 3.63) is 71.3 Å². The van der Waals surface area contributed by atoms with Gasteiger partial charge in [0.05, 0.1) is 30.9 Å². The molecule has 3 heterocycles. The Labute approximate surface area is 203 Å². The Balaban J connectivity index is 1.58. The third kappa shape index (κ3) is 4.49. The lowest BCUT2D eigenvalue weighted by Crippen LogP contribution is -2.18. The van der Waals surface area contributed by atoms with Gasteiger partial charge < -0.3 is 19.9 Å². The molecule has 1 fully saturated rings. The van der Waals surface area contributed by atoms with E-state index in [9.17, 15) is 9.59 Å². The highest BCUT2D eigenvalue weighted by molar-refractivity contribution is 6.11. The zero-order chi connectivity index (χ0) is 24.5. The van der Waals surface area contributed by atoms with E-state index in [1.165, 1.54) is 7.11 Å². The first kappa shape index (κ1) is 22.6. The van der Waals surface area contributed by atoms with Crippen LogP contribution in [0.5, 0.6) is 0 Å². The Morgan fingerprint density at radius 3 is 2.60 bits per heavy atom. The van der Waals surface area contributed by atoms with Gasteiger partial charge in [-0.25, -0.2) is 9.78 Å². The summed E-state index contributed by atoms with van der Waals surface area (Å²) in [6.07, 6.45) is 5.29. The smallest absolute Gasteiger partial charge is 0.356 e. The monoisotopic (exact) mass is 472 g/mol. The number of hydrogen-bond donors (Lipinski definition) is 2. The molecule has 1 aromatic carbocycles. The molecule has 5 rings (SSSR count). The minimum absolute atomic E-state index is 0.0177. The summed E-state index contributed by atoms with van der Waals surface area (Å²) in [6, 6.07) is 11.7. The van der Waals surface area contributed by atoms with Gasteiger partial charge in [0.15, 0.2) is 5.69 Å². The van der Waals surface area contributed by atoms with Crippen molar-refractivity contribution >= 4 is 34.3 Å². The summed E-state index contributed by atoms with van der Waals surface area (Å²) in [4.78, 5) is 30.4. The third-order valence-corrected chi connectivity index (χ3v) is 6.48. The lowest BCUT2D eigenvalue weighted by Gasteiger charge is -2.11. The van der Waals surface area contributed by atoms with Crippen LogP contribution >= 0.6 is 0 Å². The summed E-state index contributed by atoms with van der Waals surface area (Å²) in [7, 11) is 3.25. The fourth-order valence-electron chi connectivity index (χ4n) is 4.16. The highest BCUT2D eigenvalue weighted by Crippen LogP contribution is 2.36. The Morgan fingerprint density at radius 2 is 1.94 bits per heavy atom. The molecule has 3 aromatic heterocycles. The largest absolute Gasteiger partial charge is 0.464 e. The molecule has 1 aliphatic carbocycles. The SMILES string of the molecule is COC(=O)c1c(NC(=O)C2CC2)c2cc(NCc3cnn(C)c3C)cnc2n1Cc1ccccc1. The maximum absolute atomic E-state index is 13.0. The minimum atomic E-state index is -0.523. The lowest BCUT2D eigenvalue weighted by atomic mass is 10.2. The maximum atomic E-state index is 13.0. The van der Waals surface area contributed by atoms with Gasteiger partial charge in [0, 0.05) is 42.7 Å². The van der Waals surface area contributed by atoms with E-state index in [2.05, 4.69) is 15.7 Å². The molecule has 1 saturated carbocycles. The molecular formula is C26H28N6O3. The van der Waals surface area contributed by atoms with Gasteiger partial charge in [0.25, 0.3) is 0 Å². The van der Waals surface area contributed by atoms with Gasteiger partial charge in [-0.15, -0.1) is 0 Å². The molecule has 0 unspecified atom stereocenters. The second kappa shape index (κ2) is 9.25. The van der Waals surface area contributed by atoms with E-state index in [0.29, 0.717) is 29.8 Å². The van der Waals surface area contributed by atoms with Crippen molar-refractivity contribution in [1.82, 2.24) is 19.3 Å². The number of aromatic nitrogens is 4. The van der Waals surface area contributed by atoms with E-state index in [1.54, 1.807) is 6.20 Å². The van der Waals surface area contributed by atoms with Gasteiger partial charge in [-0.05, 0) is 31.4 Å². The number of rotatable bonds is 8. The van der Waals surface area contributed by atoms with Crippen LogP contribution in [-0.2, 0) is 29.7 Å². The van der Waals surface area contributed by atoms with E-state index in [4.69, 9.17) is 9.72 Å². The number of pyridine rings is 1. The molecule has 0 spiro atoms. The average Bonchev–Trinajstić information content (AvgIpc) is 3.63. The van der Waals surface area contributed by atoms with Gasteiger partial charge in [0.1, 0.15) is 5.65 Å². The molecule has 0 atom stereocenters. The first-order valence-corrected chi connectivity index (χ1v) is 11.6. The molecule has 0 bridgehead atoms. The number of nitrogens with one attached hydrogen (secondary N) is 2. The first-order valence-electron chi connectivity index (χ1n) is 11.6. The predicted octanol–water partition coefficient (Wildman–Crippen LogP) is 3.87. The van der Waals surface area contributed by atoms with Crippen molar-refractivity contribution in [2.75, 3.05) is 17.7 Å². The number of fused-ring (bicyclic) bond motifs is 1. The van der Waals surface area contributed by atoms with E-state index in [-0.39, 0.29) is 17.5 Å². The van der Waals surface area contributed by atoms with Crippen LogP contribution in [-0.4, -0.2) is 38.3 Å². The van der Waals surface area contributed by atoms with Gasteiger partial charge in [-0.2, -0.15) is 5.10 Å². The summed E-state index contributed by atoms with van der Waals surface area (Å²) in [5.41, 5.74) is 5.25. The Morgan fingerprint density at radius 1 is 1.17 bits per heavy atom. The number of carbonyl (C=O) groups excluding carboxylic acids is 2. The van der Waals surface area contributed by atoms with Gasteiger partial charge in [-0.3, -0.25) is 9.48 Å². The van der Waals surface area contributed by atoms with Gasteiger partial charge in [0.2, 0.25) is 5.91 Å². The van der Waals surface area contributed by atoms with Gasteiger partial charge >= 0.3 is 5.97 Å². The third-order valence-electron chi connectivity index (χ3n) is 6.48. The summed E-state index contributed by atoms with van der Waals surface area (Å²) < 4.78 is 8.77. The molecule has 180 valence electrons. The van der Waals surface area contributed by atoms with Crippen LogP contribution in [0, 0.1) is 12.8 Å². The average molecular weight is 473 g/mol. The van der Waals surface area contributed by atoms with Crippen molar-refractivity contribution in [2.24, 2.45) is 13.0 Å². The number of nitrogens with zero attached hydrogens (tertiary/aromatic N) is 4. The quantitative estimate of drug-likeness (QED) is 0.377. The molecule has 9 nitrogen and oxygen atoms in total. The number of anilines is 2. The summed E-state index contributed by atoms with van der Waals surface area (Å²) in [5.74, 6) is -0.625. The molecule has 35 heavy (non-hydrogen) atoms. The van der Waals surface area contributed by atoms with Crippen molar-refractivity contribution in [2.45, 2.75) is 32.9 Å². The number of aryl methyl sites for hydroxylation is 1. The highest BCUT2D eigenvalue weighted by Gasteiger charge is 2.33. The number of methoxy groups -OCH3 is 1. The molecule has 0 saturated heterocycles. The Hall–Kier alpha value is -4.14. The number of ether oxygens (including phenoxy) is 1. The van der Waals surface area contributed by atoms with Crippen LogP contribution in [0.3, 0.4) is 0 Å². The molecule has 0 aliphatic heterocycles. The molecule has 4 aromatic rings. The van der Waals surface area contributed by atoms with Crippen molar-refractivity contribution in [3.8, 4) is 0 Å². The fourth-order valence-corrected chi connectivity index (χ4v) is 4.16. The second-order valence-corrected chi connectivity index (χ2v) is 8.88. The van der Waals surface area contributed by atoms with Crippen LogP contribution in [0.25, 0.3) is 11.0 Å². The van der Waals surface area contributed by atoms with E-state index in [0.717, 1.165) is 35.3 Å². The van der Waals surface area contributed by atoms with Crippen LogP contribution in [0.1, 0.15) is 40.2 Å². The predicted molar refractivity (Wildman–Crippen MR) is 133 cm³/mol. The van der Waals surface area contributed by atoms with Crippen molar-refractivity contribution < 1.29 is 14.3 Å². The standard InChI is InChI=1S/C26H28N6O3/c1-16-19(13-29-31(16)2)12-27-20-11-21-22(30-25(33)18-9-10-18)23(26(34)35-3)32(24(21)28-14-20)15-17-7-5-4-6-8-17/h4-8,11,13-14,18,27H,9-10,12,15H2,1-3H3,(H,30,33). The van der Waals surface area contributed by atoms with Crippen molar-refractivity contribution in [1.29, 1.82) is 0 Å². The van der Waals surface area contributed by atoms with Gasteiger partial charge in [-0.1, -0.05) is 30.3 Å². The molecule has 1 aliphatic rings. The first-order chi connectivity index (χ1) is 17.0. The Bertz CT molecular complexity index is 1400. The normalized spacial score (nSPS) is 13.1. The van der Waals surface area contributed by atoms with Crippen LogP contribution in [0.2, 0.25) is 0 Å². The second-order valence-electron chi connectivity index (χ2n) is 8.88. The minimum Gasteiger partial charge on any atom is -0.464 e. The summed E-state index contributed by atoms with van der Waals surface area (Å²) in [5, 5.41) is 11.4. The molecule has 0 radical (unpaired) electrons. The van der Waals surface area contributed by atoms with E-state index < -0.39 is 5.97 Å². The number of carbonyl (C=O) groups is 2. The Kier molecular flexibility index (Phi) is 5.98. The zero-order valence-electron chi connectivity index (χ0n) is 20.0. The molecule has 2 N–H and O–H groups in total. The highest BCUT2D eigenvalue weighted by atomic mass is 16.5. The van der Waals surface area contributed by atoms with Crippen LogP contribution < -0.4 is 10.6 Å². The number of hydrogen-bond acceptors (Lipinski definition) is 6. The fraction of sp³-hybridized carbons (Fsp3) is 0.308. The topological polar surface area (TPSA) is 103 Å². The van der Waals surface area contributed by atoms with Crippen LogP contribution in [0.15, 0.2) is 48.8 Å². The van der Waals surface area contributed by atoms with E-state index >= 15 is 0 Å². The number of amides is 1. The molecular weight excluding hydrogens is 444 g/mol. The zero-order valence-corrected chi connectivity index (χ0v) is 20.0. The summed E-state index contributed by atoms with van der Waals surface area (Å²) in [6.45, 7) is 3.00. The molecule has 9 heteroatoms. The maximum Gasteiger partial charge on any atom is 0.356 e.